The van der Waals surface area contributed by atoms with Crippen LogP contribution in [0.3, 0.4) is 0 Å². The van der Waals surface area contributed by atoms with Gasteiger partial charge in [0.25, 0.3) is 0 Å². The third kappa shape index (κ3) is 2.22. The molecule has 7 nitrogen and oxygen atoms in total. The maximum atomic E-state index is 5.09. The van der Waals surface area contributed by atoms with E-state index in [1.807, 2.05) is 26.1 Å². The molecule has 0 amide bonds. The number of aromatic amines is 1. The van der Waals surface area contributed by atoms with Gasteiger partial charge in [-0.15, -0.1) is 0 Å². The van der Waals surface area contributed by atoms with E-state index in [2.05, 4.69) is 30.0 Å². The topological polar surface area (TPSA) is 83.7 Å². The highest BCUT2D eigenvalue weighted by molar-refractivity contribution is 5.86. The van der Waals surface area contributed by atoms with Gasteiger partial charge in [0.05, 0.1) is 5.52 Å². The van der Waals surface area contributed by atoms with Gasteiger partial charge in [0.1, 0.15) is 11.3 Å². The summed E-state index contributed by atoms with van der Waals surface area (Å²) >= 11 is 0. The molecule has 1 N–H and O–H groups in total. The fraction of sp³-hybridized carbons (Fsp3) is 0.467. The smallest absolute Gasteiger partial charge is 0.223 e. The van der Waals surface area contributed by atoms with Crippen LogP contribution in [0.2, 0.25) is 0 Å². The first kappa shape index (κ1) is 13.2. The Bertz CT molecular complexity index is 799. The lowest BCUT2D eigenvalue weighted by Gasteiger charge is -2.31. The summed E-state index contributed by atoms with van der Waals surface area (Å²) in [6.07, 6.45) is 3.92. The molecule has 1 saturated heterocycles. The van der Waals surface area contributed by atoms with Crippen molar-refractivity contribution in [2.45, 2.75) is 32.6 Å². The van der Waals surface area contributed by atoms with E-state index in [-0.39, 0.29) is 0 Å². The predicted octanol–water partition coefficient (Wildman–Crippen LogP) is 2.34. The minimum absolute atomic E-state index is 0.371. The number of fused-ring (bicyclic) bond motifs is 1. The molecular formula is C15H18N6O. The second kappa shape index (κ2) is 5.08. The molecule has 0 radical (unpaired) electrons. The van der Waals surface area contributed by atoms with Gasteiger partial charge in [-0.25, -0.2) is 9.97 Å². The summed E-state index contributed by atoms with van der Waals surface area (Å²) in [6, 6.07) is 1.99. The number of hydrogen-bond acceptors (Lipinski definition) is 6. The summed E-state index contributed by atoms with van der Waals surface area (Å²) in [5.41, 5.74) is 1.98. The van der Waals surface area contributed by atoms with Crippen LogP contribution in [0, 0.1) is 13.8 Å². The molecule has 7 heteroatoms. The fourth-order valence-electron chi connectivity index (χ4n) is 3.10. The standard InChI is InChI=1S/C15H18N6O/c1-9-17-12-3-6-16-13(12)15(18-9)21-7-4-11(5-8-21)14-19-10(2)22-20-14/h3,6,11,16H,4-5,7-8H2,1-2H3. The molecule has 0 saturated carbocycles. The van der Waals surface area contributed by atoms with Crippen LogP contribution >= 0.6 is 0 Å². The molecule has 4 heterocycles. The zero-order valence-electron chi connectivity index (χ0n) is 12.7. The normalized spacial score (nSPS) is 16.5. The van der Waals surface area contributed by atoms with Crippen molar-refractivity contribution in [3.63, 3.8) is 0 Å². The second-order valence-corrected chi connectivity index (χ2v) is 5.77. The number of H-pyrrole nitrogens is 1. The van der Waals surface area contributed by atoms with Crippen LogP contribution in [0.1, 0.15) is 36.3 Å². The van der Waals surface area contributed by atoms with Crippen molar-refractivity contribution in [3.8, 4) is 0 Å². The predicted molar refractivity (Wildman–Crippen MR) is 81.8 cm³/mol. The number of hydrogen-bond donors (Lipinski definition) is 1. The Balaban J connectivity index is 1.56. The largest absolute Gasteiger partial charge is 0.357 e. The van der Waals surface area contributed by atoms with Gasteiger partial charge in [0.2, 0.25) is 5.89 Å². The van der Waals surface area contributed by atoms with Crippen LogP contribution < -0.4 is 4.90 Å². The zero-order valence-corrected chi connectivity index (χ0v) is 12.7. The molecule has 114 valence electrons. The summed E-state index contributed by atoms with van der Waals surface area (Å²) in [7, 11) is 0. The number of aromatic nitrogens is 5. The van der Waals surface area contributed by atoms with Gasteiger partial charge in [-0.1, -0.05) is 5.16 Å². The quantitative estimate of drug-likeness (QED) is 0.781. The Kier molecular flexibility index (Phi) is 3.06. The Hall–Kier alpha value is -2.44. The van der Waals surface area contributed by atoms with Gasteiger partial charge in [-0.3, -0.25) is 0 Å². The Morgan fingerprint density at radius 3 is 2.73 bits per heavy atom. The molecule has 0 aliphatic carbocycles. The summed E-state index contributed by atoms with van der Waals surface area (Å²) in [5, 5.41) is 4.06. The average molecular weight is 298 g/mol. The highest BCUT2D eigenvalue weighted by atomic mass is 16.5. The van der Waals surface area contributed by atoms with Crippen molar-refractivity contribution in [1.82, 2.24) is 25.1 Å². The third-order valence-electron chi connectivity index (χ3n) is 4.20. The van der Waals surface area contributed by atoms with E-state index < -0.39 is 0 Å². The van der Waals surface area contributed by atoms with Crippen LogP contribution in [0.5, 0.6) is 0 Å². The van der Waals surface area contributed by atoms with Crippen LogP contribution in [0.15, 0.2) is 16.8 Å². The van der Waals surface area contributed by atoms with Gasteiger partial charge in [0, 0.05) is 32.1 Å². The molecule has 3 aromatic rings. The van der Waals surface area contributed by atoms with Crippen molar-refractivity contribution in [1.29, 1.82) is 0 Å². The molecule has 1 aliphatic rings. The van der Waals surface area contributed by atoms with E-state index in [9.17, 15) is 0 Å². The van der Waals surface area contributed by atoms with Crippen molar-refractivity contribution >= 4 is 16.9 Å². The van der Waals surface area contributed by atoms with Crippen LogP contribution in [-0.2, 0) is 0 Å². The first-order valence-corrected chi connectivity index (χ1v) is 7.57. The maximum absolute atomic E-state index is 5.09. The SMILES string of the molecule is Cc1nc(N2CCC(c3noc(C)n3)CC2)c2[nH]ccc2n1. The van der Waals surface area contributed by atoms with E-state index in [0.29, 0.717) is 11.8 Å². The van der Waals surface area contributed by atoms with Crippen LogP contribution in [0.25, 0.3) is 11.0 Å². The molecular weight excluding hydrogens is 280 g/mol. The highest BCUT2D eigenvalue weighted by Gasteiger charge is 2.26. The molecule has 22 heavy (non-hydrogen) atoms. The maximum Gasteiger partial charge on any atom is 0.223 e. The molecule has 0 aromatic carbocycles. The summed E-state index contributed by atoms with van der Waals surface area (Å²) < 4.78 is 5.09. The number of nitrogens with zero attached hydrogens (tertiary/aromatic N) is 5. The van der Waals surface area contributed by atoms with Gasteiger partial charge >= 0.3 is 0 Å². The van der Waals surface area contributed by atoms with E-state index in [1.165, 1.54) is 0 Å². The molecule has 1 aliphatic heterocycles. The minimum Gasteiger partial charge on any atom is -0.357 e. The van der Waals surface area contributed by atoms with Gasteiger partial charge < -0.3 is 14.4 Å². The summed E-state index contributed by atoms with van der Waals surface area (Å²) in [4.78, 5) is 19.0. The lowest BCUT2D eigenvalue weighted by molar-refractivity contribution is 0.375. The molecule has 0 spiro atoms. The van der Waals surface area contributed by atoms with Gasteiger partial charge in [-0.2, -0.15) is 4.98 Å². The third-order valence-corrected chi connectivity index (χ3v) is 4.20. The summed E-state index contributed by atoms with van der Waals surface area (Å²) in [6.45, 7) is 5.63. The number of anilines is 1. The van der Waals surface area contributed by atoms with E-state index in [0.717, 1.165) is 54.4 Å². The molecule has 1 fully saturated rings. The highest BCUT2D eigenvalue weighted by Crippen LogP contribution is 2.30. The fourth-order valence-corrected chi connectivity index (χ4v) is 3.10. The Morgan fingerprint density at radius 1 is 1.18 bits per heavy atom. The van der Waals surface area contributed by atoms with Crippen LogP contribution in [-0.4, -0.2) is 38.2 Å². The zero-order chi connectivity index (χ0) is 15.1. The van der Waals surface area contributed by atoms with Crippen molar-refractivity contribution in [2.75, 3.05) is 18.0 Å². The number of rotatable bonds is 2. The first-order chi connectivity index (χ1) is 10.7. The monoisotopic (exact) mass is 298 g/mol. The van der Waals surface area contributed by atoms with Crippen LogP contribution in [0.4, 0.5) is 5.82 Å². The molecule has 4 rings (SSSR count). The number of aryl methyl sites for hydroxylation is 2. The Labute approximate surface area is 127 Å². The molecule has 3 aromatic heterocycles. The van der Waals surface area contributed by atoms with Crippen molar-refractivity contribution in [2.24, 2.45) is 0 Å². The van der Waals surface area contributed by atoms with Gasteiger partial charge in [0.15, 0.2) is 11.6 Å². The second-order valence-electron chi connectivity index (χ2n) is 5.77. The van der Waals surface area contributed by atoms with E-state index in [4.69, 9.17) is 4.52 Å². The lowest BCUT2D eigenvalue weighted by Crippen LogP contribution is -2.34. The number of nitrogens with one attached hydrogen (secondary N) is 1. The summed E-state index contributed by atoms with van der Waals surface area (Å²) in [5.74, 6) is 3.64. The molecule has 0 bridgehead atoms. The average Bonchev–Trinajstić information content (AvgIpc) is 3.15. The minimum atomic E-state index is 0.371. The lowest BCUT2D eigenvalue weighted by atomic mass is 9.96. The van der Waals surface area contributed by atoms with Crippen molar-refractivity contribution < 1.29 is 4.52 Å². The molecule has 0 unspecified atom stereocenters. The Morgan fingerprint density at radius 2 is 2.00 bits per heavy atom. The molecule has 0 atom stereocenters. The van der Waals surface area contributed by atoms with E-state index in [1.54, 1.807) is 0 Å². The van der Waals surface area contributed by atoms with Gasteiger partial charge in [-0.05, 0) is 25.8 Å². The first-order valence-electron chi connectivity index (χ1n) is 7.57. The van der Waals surface area contributed by atoms with Crippen molar-refractivity contribution in [3.05, 3.63) is 29.8 Å². The van der Waals surface area contributed by atoms with E-state index >= 15 is 0 Å². The number of piperidine rings is 1.